The number of hydrogen-bond acceptors (Lipinski definition) is 3. The van der Waals surface area contributed by atoms with Crippen LogP contribution in [0.25, 0.3) is 0 Å². The zero-order valence-corrected chi connectivity index (χ0v) is 11.3. The van der Waals surface area contributed by atoms with Gasteiger partial charge < -0.3 is 9.84 Å². The van der Waals surface area contributed by atoms with Gasteiger partial charge in [0.25, 0.3) is 0 Å². The Morgan fingerprint density at radius 1 is 1.33 bits per heavy atom. The van der Waals surface area contributed by atoms with Gasteiger partial charge in [0.2, 0.25) is 0 Å². The molecule has 18 heavy (non-hydrogen) atoms. The van der Waals surface area contributed by atoms with E-state index < -0.39 is 6.10 Å². The molecule has 0 fully saturated rings. The molecule has 3 nitrogen and oxygen atoms in total. The van der Waals surface area contributed by atoms with Gasteiger partial charge in [-0.25, -0.2) is 0 Å². The van der Waals surface area contributed by atoms with E-state index in [9.17, 15) is 5.11 Å². The summed E-state index contributed by atoms with van der Waals surface area (Å²) in [6.07, 6.45) is 0.0350. The van der Waals surface area contributed by atoms with Crippen molar-refractivity contribution in [2.24, 2.45) is 0 Å². The van der Waals surface area contributed by atoms with Crippen molar-refractivity contribution < 1.29 is 9.84 Å². The molecule has 0 saturated heterocycles. The Balaban J connectivity index is 2.61. The number of ether oxygens (including phenoxy) is 1. The van der Waals surface area contributed by atoms with E-state index >= 15 is 0 Å². The molecule has 0 aromatic heterocycles. The predicted octanol–water partition coefficient (Wildman–Crippen LogP) is 3.03. The van der Waals surface area contributed by atoms with E-state index in [1.54, 1.807) is 0 Å². The Morgan fingerprint density at radius 2 is 2.00 bits per heavy atom. The normalized spacial score (nSPS) is 12.8. The van der Waals surface area contributed by atoms with E-state index in [1.165, 1.54) is 0 Å². The highest BCUT2D eigenvalue weighted by Gasteiger charge is 2.18. The van der Waals surface area contributed by atoms with Crippen LogP contribution in [0.4, 0.5) is 0 Å². The molecular weight excluding hydrogens is 226 g/mol. The molecule has 1 N–H and O–H groups in total. The minimum Gasteiger partial charge on any atom is -0.493 e. The molecule has 1 rings (SSSR count). The molecule has 0 aliphatic rings. The number of rotatable bonds is 5. The largest absolute Gasteiger partial charge is 0.493 e. The van der Waals surface area contributed by atoms with Crippen molar-refractivity contribution in [1.29, 1.82) is 5.26 Å². The quantitative estimate of drug-likeness (QED) is 0.870. The summed E-state index contributed by atoms with van der Waals surface area (Å²) < 4.78 is 5.71. The lowest BCUT2D eigenvalue weighted by atomic mass is 9.86. The van der Waals surface area contributed by atoms with Crippen LogP contribution in [-0.4, -0.2) is 17.8 Å². The van der Waals surface area contributed by atoms with Gasteiger partial charge in [-0.1, -0.05) is 39.0 Å². The van der Waals surface area contributed by atoms with Crippen molar-refractivity contribution in [3.05, 3.63) is 29.8 Å². The number of nitriles is 1. The fraction of sp³-hybridized carbons (Fsp3) is 0.533. The van der Waals surface area contributed by atoms with Gasteiger partial charge in [0, 0.05) is 6.42 Å². The molecular formula is C15H21NO2. The molecule has 0 saturated carbocycles. The first kappa shape index (κ1) is 14.5. The Hall–Kier alpha value is -1.53. The monoisotopic (exact) mass is 247 g/mol. The second kappa shape index (κ2) is 6.42. The third-order valence-electron chi connectivity index (χ3n) is 2.73. The highest BCUT2D eigenvalue weighted by atomic mass is 16.5. The van der Waals surface area contributed by atoms with Crippen molar-refractivity contribution in [3.8, 4) is 11.8 Å². The standard InChI is InChI=1S/C15H21NO2/c1-15(2,3)13-6-4-5-7-14(13)18-11-9-12(17)8-10-16/h4-7,12,17H,8-9,11H2,1-3H3. The molecule has 1 atom stereocenters. The molecule has 0 spiro atoms. The Kier molecular flexibility index (Phi) is 5.18. The minimum absolute atomic E-state index is 0.0296. The number of aliphatic hydroxyl groups excluding tert-OH is 1. The highest BCUT2D eigenvalue weighted by Crippen LogP contribution is 2.30. The molecule has 0 aliphatic heterocycles. The number of nitrogens with zero attached hydrogens (tertiary/aromatic N) is 1. The van der Waals surface area contributed by atoms with Crippen LogP contribution in [0.2, 0.25) is 0 Å². The maximum absolute atomic E-state index is 9.45. The van der Waals surface area contributed by atoms with Gasteiger partial charge in [0.05, 0.1) is 25.2 Å². The maximum Gasteiger partial charge on any atom is 0.123 e. The summed E-state index contributed by atoms with van der Waals surface area (Å²) in [7, 11) is 0. The van der Waals surface area contributed by atoms with Gasteiger partial charge in [-0.05, 0) is 17.0 Å². The molecule has 0 amide bonds. The third kappa shape index (κ3) is 4.38. The Bertz CT molecular complexity index is 415. The van der Waals surface area contributed by atoms with Gasteiger partial charge >= 0.3 is 0 Å². The lowest BCUT2D eigenvalue weighted by Crippen LogP contribution is -2.15. The van der Waals surface area contributed by atoms with Crippen LogP contribution in [0.3, 0.4) is 0 Å². The van der Waals surface area contributed by atoms with Crippen molar-refractivity contribution >= 4 is 0 Å². The zero-order chi connectivity index (χ0) is 13.6. The Labute approximate surface area is 109 Å². The summed E-state index contributed by atoms with van der Waals surface area (Å²) in [6, 6.07) is 9.88. The highest BCUT2D eigenvalue weighted by molar-refractivity contribution is 5.38. The van der Waals surface area contributed by atoms with E-state index in [4.69, 9.17) is 10.00 Å². The SMILES string of the molecule is CC(C)(C)c1ccccc1OCCC(O)CC#N. The molecule has 1 aromatic carbocycles. The van der Waals surface area contributed by atoms with Gasteiger partial charge in [-0.3, -0.25) is 0 Å². The average Bonchev–Trinajstić information content (AvgIpc) is 2.28. The van der Waals surface area contributed by atoms with Crippen molar-refractivity contribution in [2.75, 3.05) is 6.61 Å². The van der Waals surface area contributed by atoms with E-state index in [0.29, 0.717) is 13.0 Å². The van der Waals surface area contributed by atoms with Crippen molar-refractivity contribution in [2.45, 2.75) is 45.1 Å². The molecule has 0 heterocycles. The fourth-order valence-corrected chi connectivity index (χ4v) is 1.72. The maximum atomic E-state index is 9.45. The third-order valence-corrected chi connectivity index (χ3v) is 2.73. The molecule has 0 radical (unpaired) electrons. The zero-order valence-electron chi connectivity index (χ0n) is 11.3. The number of para-hydroxylation sites is 1. The van der Waals surface area contributed by atoms with Crippen LogP contribution in [0, 0.1) is 11.3 Å². The van der Waals surface area contributed by atoms with E-state index in [0.717, 1.165) is 11.3 Å². The molecule has 1 aromatic rings. The Morgan fingerprint density at radius 3 is 2.61 bits per heavy atom. The first-order valence-corrected chi connectivity index (χ1v) is 6.22. The number of benzene rings is 1. The van der Waals surface area contributed by atoms with Crippen LogP contribution in [0.15, 0.2) is 24.3 Å². The van der Waals surface area contributed by atoms with Gasteiger partial charge in [-0.2, -0.15) is 5.26 Å². The summed E-state index contributed by atoms with van der Waals surface area (Å²) in [6.45, 7) is 6.84. The smallest absolute Gasteiger partial charge is 0.123 e. The van der Waals surface area contributed by atoms with Crippen LogP contribution in [0.1, 0.15) is 39.2 Å². The van der Waals surface area contributed by atoms with Crippen LogP contribution < -0.4 is 4.74 Å². The predicted molar refractivity (Wildman–Crippen MR) is 71.5 cm³/mol. The van der Waals surface area contributed by atoms with E-state index in [1.807, 2.05) is 24.3 Å². The van der Waals surface area contributed by atoms with E-state index in [-0.39, 0.29) is 11.8 Å². The van der Waals surface area contributed by atoms with E-state index in [2.05, 4.69) is 26.8 Å². The second-order valence-corrected chi connectivity index (χ2v) is 5.40. The summed E-state index contributed by atoms with van der Waals surface area (Å²) in [5.41, 5.74) is 1.18. The second-order valence-electron chi connectivity index (χ2n) is 5.40. The molecule has 3 heteroatoms. The molecule has 0 bridgehead atoms. The van der Waals surface area contributed by atoms with Gasteiger partial charge in [0.1, 0.15) is 5.75 Å². The van der Waals surface area contributed by atoms with Crippen LogP contribution in [0.5, 0.6) is 5.75 Å². The van der Waals surface area contributed by atoms with Crippen molar-refractivity contribution in [3.63, 3.8) is 0 Å². The average molecular weight is 247 g/mol. The van der Waals surface area contributed by atoms with Crippen LogP contribution >= 0.6 is 0 Å². The fourth-order valence-electron chi connectivity index (χ4n) is 1.72. The summed E-state index contributed by atoms with van der Waals surface area (Å²) >= 11 is 0. The summed E-state index contributed by atoms with van der Waals surface area (Å²) in [5, 5.41) is 17.9. The molecule has 0 aliphatic carbocycles. The first-order chi connectivity index (χ1) is 8.45. The number of hydrogen-bond donors (Lipinski definition) is 1. The summed E-state index contributed by atoms with van der Waals surface area (Å²) in [4.78, 5) is 0. The van der Waals surface area contributed by atoms with Gasteiger partial charge in [-0.15, -0.1) is 0 Å². The lowest BCUT2D eigenvalue weighted by molar-refractivity contribution is 0.142. The molecule has 1 unspecified atom stereocenters. The molecule has 98 valence electrons. The van der Waals surface area contributed by atoms with Gasteiger partial charge in [0.15, 0.2) is 0 Å². The minimum atomic E-state index is -0.600. The topological polar surface area (TPSA) is 53.2 Å². The lowest BCUT2D eigenvalue weighted by Gasteiger charge is -2.22. The van der Waals surface area contributed by atoms with Crippen LogP contribution in [-0.2, 0) is 5.41 Å². The first-order valence-electron chi connectivity index (χ1n) is 6.22. The van der Waals surface area contributed by atoms with Crippen molar-refractivity contribution in [1.82, 2.24) is 0 Å². The summed E-state index contributed by atoms with van der Waals surface area (Å²) in [5.74, 6) is 0.856. The number of aliphatic hydroxyl groups is 1.